The van der Waals surface area contributed by atoms with Crippen LogP contribution in [0, 0.1) is 11.3 Å². The lowest BCUT2D eigenvalue weighted by atomic mass is 9.89. The molecule has 2 atom stereocenters. The van der Waals surface area contributed by atoms with Gasteiger partial charge in [0.25, 0.3) is 0 Å². The normalized spacial score (nSPS) is 28.6. The summed E-state index contributed by atoms with van der Waals surface area (Å²) in [5.74, 6) is 0.429. The molecule has 1 fully saturated rings. The maximum absolute atomic E-state index is 9.14. The molecule has 0 radical (unpaired) electrons. The number of rotatable bonds is 1. The molecule has 1 aromatic heterocycles. The molecule has 0 spiro atoms. The fourth-order valence-electron chi connectivity index (χ4n) is 2.15. The maximum Gasteiger partial charge on any atom is 0.105 e. The summed E-state index contributed by atoms with van der Waals surface area (Å²) in [4.78, 5) is 3.54. The minimum atomic E-state index is 0.0717. The Morgan fingerprint density at radius 1 is 1.64 bits per heavy atom. The predicted molar refractivity (Wildman–Crippen MR) is 58.3 cm³/mol. The first kappa shape index (κ1) is 9.70. The number of nitriles is 1. The molecule has 0 aliphatic carbocycles. The molecule has 0 aromatic carbocycles. The quantitative estimate of drug-likeness (QED) is 0.705. The van der Waals surface area contributed by atoms with Gasteiger partial charge in [0.2, 0.25) is 0 Å². The fraction of sp³-hybridized carbons (Fsp3) is 0.545. The Morgan fingerprint density at radius 3 is 3.14 bits per heavy atom. The molecule has 0 N–H and O–H groups in total. The Balaban J connectivity index is 2.21. The highest BCUT2D eigenvalue weighted by atomic mass is 32.1. The molecule has 1 saturated heterocycles. The number of hydrogen-bond acceptors (Lipinski definition) is 3. The second-order valence-electron chi connectivity index (χ2n) is 3.82. The third kappa shape index (κ3) is 1.68. The van der Waals surface area contributed by atoms with E-state index in [0.717, 1.165) is 13.0 Å². The Morgan fingerprint density at radius 2 is 2.50 bits per heavy atom. The van der Waals surface area contributed by atoms with Gasteiger partial charge in [-0.2, -0.15) is 5.26 Å². The molecule has 74 valence electrons. The van der Waals surface area contributed by atoms with Gasteiger partial charge in [-0.25, -0.2) is 0 Å². The zero-order chi connectivity index (χ0) is 9.97. The minimum Gasteiger partial charge on any atom is -0.291 e. The summed E-state index contributed by atoms with van der Waals surface area (Å²) >= 11 is 1.77. The molecule has 2 heterocycles. The summed E-state index contributed by atoms with van der Waals surface area (Å²) in [6, 6.07) is 6.72. The lowest BCUT2D eigenvalue weighted by molar-refractivity contribution is 0.202. The average molecular weight is 206 g/mol. The van der Waals surface area contributed by atoms with Gasteiger partial charge in [0, 0.05) is 10.8 Å². The number of nitrogens with zero attached hydrogens (tertiary/aromatic N) is 2. The van der Waals surface area contributed by atoms with E-state index in [0.29, 0.717) is 5.92 Å². The van der Waals surface area contributed by atoms with Gasteiger partial charge in [-0.3, -0.25) is 4.90 Å². The number of hydrogen-bond donors (Lipinski definition) is 0. The lowest BCUT2D eigenvalue weighted by Crippen LogP contribution is -2.40. The first-order valence-electron chi connectivity index (χ1n) is 4.96. The van der Waals surface area contributed by atoms with E-state index in [-0.39, 0.29) is 6.04 Å². The third-order valence-corrected chi connectivity index (χ3v) is 3.93. The van der Waals surface area contributed by atoms with Crippen LogP contribution in [0.2, 0.25) is 0 Å². The minimum absolute atomic E-state index is 0.0717. The molecular formula is C11H14N2S. The second kappa shape index (κ2) is 4.12. The highest BCUT2D eigenvalue weighted by Crippen LogP contribution is 2.33. The Kier molecular flexibility index (Phi) is 2.85. The van der Waals surface area contributed by atoms with Crippen LogP contribution in [0.1, 0.15) is 23.6 Å². The van der Waals surface area contributed by atoms with Crippen LogP contribution in [-0.4, -0.2) is 24.5 Å². The van der Waals surface area contributed by atoms with Crippen molar-refractivity contribution in [3.05, 3.63) is 22.4 Å². The largest absolute Gasteiger partial charge is 0.291 e. The number of likely N-dealkylation sites (N-methyl/N-ethyl adjacent to an activating group) is 1. The van der Waals surface area contributed by atoms with Crippen LogP contribution in [0.15, 0.2) is 17.5 Å². The van der Waals surface area contributed by atoms with E-state index in [1.165, 1.54) is 11.3 Å². The van der Waals surface area contributed by atoms with Crippen molar-refractivity contribution in [1.29, 1.82) is 5.26 Å². The Bertz CT molecular complexity index is 326. The van der Waals surface area contributed by atoms with E-state index in [9.17, 15) is 0 Å². The van der Waals surface area contributed by atoms with E-state index in [2.05, 4.69) is 28.5 Å². The van der Waals surface area contributed by atoms with Crippen molar-refractivity contribution in [2.75, 3.05) is 13.6 Å². The second-order valence-corrected chi connectivity index (χ2v) is 4.80. The van der Waals surface area contributed by atoms with Crippen LogP contribution in [0.5, 0.6) is 0 Å². The summed E-state index contributed by atoms with van der Waals surface area (Å²) in [5.41, 5.74) is 0. The van der Waals surface area contributed by atoms with Crippen molar-refractivity contribution >= 4 is 11.3 Å². The maximum atomic E-state index is 9.14. The van der Waals surface area contributed by atoms with Gasteiger partial charge >= 0.3 is 0 Å². The van der Waals surface area contributed by atoms with Crippen LogP contribution in [0.25, 0.3) is 0 Å². The van der Waals surface area contributed by atoms with Crippen LogP contribution >= 0.6 is 11.3 Å². The van der Waals surface area contributed by atoms with Crippen LogP contribution in [0.3, 0.4) is 0 Å². The van der Waals surface area contributed by atoms with E-state index in [4.69, 9.17) is 5.26 Å². The number of piperidine rings is 1. The van der Waals surface area contributed by atoms with E-state index >= 15 is 0 Å². The average Bonchev–Trinajstić information content (AvgIpc) is 2.70. The summed E-state index contributed by atoms with van der Waals surface area (Å²) in [6.45, 7) is 1.06. The molecule has 1 aromatic rings. The van der Waals surface area contributed by atoms with Gasteiger partial charge in [0.15, 0.2) is 0 Å². The molecule has 14 heavy (non-hydrogen) atoms. The molecule has 2 nitrogen and oxygen atoms in total. The van der Waals surface area contributed by atoms with Crippen molar-refractivity contribution in [2.45, 2.75) is 24.8 Å². The molecule has 0 saturated carbocycles. The van der Waals surface area contributed by atoms with Crippen molar-refractivity contribution in [1.82, 2.24) is 4.90 Å². The summed E-state index contributed by atoms with van der Waals surface area (Å²) in [5, 5.41) is 11.2. The van der Waals surface area contributed by atoms with Crippen LogP contribution in [-0.2, 0) is 0 Å². The lowest BCUT2D eigenvalue weighted by Gasteiger charge is -2.34. The van der Waals surface area contributed by atoms with Gasteiger partial charge in [-0.05, 0) is 37.9 Å². The topological polar surface area (TPSA) is 27.0 Å². The van der Waals surface area contributed by atoms with Crippen molar-refractivity contribution in [3.63, 3.8) is 0 Å². The van der Waals surface area contributed by atoms with Gasteiger partial charge in [-0.1, -0.05) is 6.07 Å². The monoisotopic (exact) mass is 206 g/mol. The molecule has 0 amide bonds. The zero-order valence-corrected chi connectivity index (χ0v) is 9.13. The first-order chi connectivity index (χ1) is 6.83. The van der Waals surface area contributed by atoms with Crippen LogP contribution in [0.4, 0.5) is 0 Å². The van der Waals surface area contributed by atoms with Crippen molar-refractivity contribution in [3.8, 4) is 6.07 Å². The zero-order valence-electron chi connectivity index (χ0n) is 8.31. The van der Waals surface area contributed by atoms with Crippen LogP contribution < -0.4 is 0 Å². The van der Waals surface area contributed by atoms with E-state index in [1.54, 1.807) is 11.3 Å². The Labute approximate surface area is 88.8 Å². The molecule has 0 bridgehead atoms. The van der Waals surface area contributed by atoms with Crippen molar-refractivity contribution < 1.29 is 0 Å². The fourth-order valence-corrected chi connectivity index (χ4v) is 3.05. The smallest absolute Gasteiger partial charge is 0.105 e. The molecule has 1 aliphatic heterocycles. The van der Waals surface area contributed by atoms with E-state index in [1.807, 2.05) is 7.05 Å². The molecule has 3 heteroatoms. The Hall–Kier alpha value is -0.850. The predicted octanol–water partition coefficient (Wildman–Crippen LogP) is 2.45. The number of likely N-dealkylation sites (tertiary alicyclic amines) is 1. The molecule has 0 unspecified atom stereocenters. The summed E-state index contributed by atoms with van der Waals surface area (Å²) < 4.78 is 0. The standard InChI is InChI=1S/C11H14N2S/c1-13-6-2-4-9(10(13)8-12)11-5-3-7-14-11/h3,5,7,9-10H,2,4,6H2,1H3/t9-,10-/m0/s1. The van der Waals surface area contributed by atoms with Gasteiger partial charge in [0.05, 0.1) is 6.07 Å². The molecular weight excluding hydrogens is 192 g/mol. The number of thiophene rings is 1. The SMILES string of the molecule is CN1CCC[C@H](c2cccs2)[C@@H]1C#N. The first-order valence-corrected chi connectivity index (χ1v) is 5.84. The highest BCUT2D eigenvalue weighted by Gasteiger charge is 2.30. The molecule has 2 rings (SSSR count). The summed E-state index contributed by atoms with van der Waals surface area (Å²) in [6.07, 6.45) is 2.36. The van der Waals surface area contributed by atoms with Gasteiger partial charge < -0.3 is 0 Å². The third-order valence-electron chi connectivity index (χ3n) is 2.92. The van der Waals surface area contributed by atoms with Crippen molar-refractivity contribution in [2.24, 2.45) is 0 Å². The summed E-state index contributed by atoms with van der Waals surface area (Å²) in [7, 11) is 2.05. The van der Waals surface area contributed by atoms with E-state index < -0.39 is 0 Å². The van der Waals surface area contributed by atoms with Gasteiger partial charge in [0.1, 0.15) is 6.04 Å². The highest BCUT2D eigenvalue weighted by molar-refractivity contribution is 7.10. The molecule has 1 aliphatic rings. The van der Waals surface area contributed by atoms with Gasteiger partial charge in [-0.15, -0.1) is 11.3 Å².